The third-order valence-electron chi connectivity index (χ3n) is 7.50. The zero-order chi connectivity index (χ0) is 22.8. The molecule has 0 saturated carbocycles. The van der Waals surface area contributed by atoms with Gasteiger partial charge in [0.05, 0.1) is 0 Å². The standard InChI is InChI=1S/C28H31N3O2/c1-20-6-8-24(9-7-20)27(32)30-16-11-21(12-17-30)22-13-18-31(19-14-22)28(33)26-25-5-3-2-4-23(25)10-15-29-26/h2-10,15,21-22H,11-14,16-19H2,1H3. The Morgan fingerprint density at radius 2 is 1.33 bits per heavy atom. The van der Waals surface area contributed by atoms with E-state index in [2.05, 4.69) is 4.98 Å². The van der Waals surface area contributed by atoms with Crippen molar-refractivity contribution in [3.63, 3.8) is 0 Å². The summed E-state index contributed by atoms with van der Waals surface area (Å²) in [4.78, 5) is 34.4. The second-order valence-electron chi connectivity index (χ2n) is 9.51. The van der Waals surface area contributed by atoms with Gasteiger partial charge in [-0.2, -0.15) is 0 Å². The second kappa shape index (κ2) is 9.34. The van der Waals surface area contributed by atoms with E-state index in [0.717, 1.165) is 68.2 Å². The molecule has 0 N–H and O–H groups in total. The number of rotatable bonds is 3. The van der Waals surface area contributed by atoms with E-state index in [4.69, 9.17) is 0 Å². The quantitative estimate of drug-likeness (QED) is 0.578. The normalized spacial score (nSPS) is 18.0. The molecule has 0 unspecified atom stereocenters. The molecule has 170 valence electrons. The van der Waals surface area contributed by atoms with Gasteiger partial charge in [-0.1, -0.05) is 42.0 Å². The second-order valence-corrected chi connectivity index (χ2v) is 9.51. The van der Waals surface area contributed by atoms with Gasteiger partial charge in [0.1, 0.15) is 5.69 Å². The molecule has 0 bridgehead atoms. The third-order valence-corrected chi connectivity index (χ3v) is 7.50. The van der Waals surface area contributed by atoms with Crippen LogP contribution in [0.4, 0.5) is 0 Å². The van der Waals surface area contributed by atoms with Crippen molar-refractivity contribution in [3.05, 3.63) is 77.6 Å². The fourth-order valence-electron chi connectivity index (χ4n) is 5.47. The number of carbonyl (C=O) groups excluding carboxylic acids is 2. The molecule has 0 radical (unpaired) electrons. The Bertz CT molecular complexity index is 1140. The van der Waals surface area contributed by atoms with Gasteiger partial charge in [-0.25, -0.2) is 0 Å². The van der Waals surface area contributed by atoms with E-state index < -0.39 is 0 Å². The van der Waals surface area contributed by atoms with Crippen molar-refractivity contribution >= 4 is 22.6 Å². The molecule has 3 aromatic rings. The number of hydrogen-bond acceptors (Lipinski definition) is 3. The molecular formula is C28H31N3O2. The first-order chi connectivity index (χ1) is 16.1. The van der Waals surface area contributed by atoms with Gasteiger partial charge in [-0.3, -0.25) is 14.6 Å². The summed E-state index contributed by atoms with van der Waals surface area (Å²) < 4.78 is 0. The monoisotopic (exact) mass is 441 g/mol. The SMILES string of the molecule is Cc1ccc(C(=O)N2CCC(C3CCN(C(=O)c4nccc5ccccc45)CC3)CC2)cc1. The molecule has 5 heteroatoms. The molecule has 33 heavy (non-hydrogen) atoms. The van der Waals surface area contributed by atoms with Crippen LogP contribution in [-0.4, -0.2) is 52.8 Å². The fourth-order valence-corrected chi connectivity index (χ4v) is 5.47. The fraction of sp³-hybridized carbons (Fsp3) is 0.393. The van der Waals surface area contributed by atoms with E-state index in [0.29, 0.717) is 17.5 Å². The van der Waals surface area contributed by atoms with Gasteiger partial charge in [-0.05, 0) is 68.0 Å². The zero-order valence-corrected chi connectivity index (χ0v) is 19.2. The van der Waals surface area contributed by atoms with Crippen LogP contribution in [0.3, 0.4) is 0 Å². The van der Waals surface area contributed by atoms with Crippen molar-refractivity contribution in [3.8, 4) is 0 Å². The van der Waals surface area contributed by atoms with Crippen molar-refractivity contribution in [2.75, 3.05) is 26.2 Å². The number of aromatic nitrogens is 1. The van der Waals surface area contributed by atoms with Crippen molar-refractivity contribution in [2.24, 2.45) is 11.8 Å². The highest BCUT2D eigenvalue weighted by atomic mass is 16.2. The minimum atomic E-state index is 0.0452. The van der Waals surface area contributed by atoms with E-state index in [1.165, 1.54) is 5.56 Å². The minimum Gasteiger partial charge on any atom is -0.339 e. The molecule has 2 saturated heterocycles. The molecule has 0 atom stereocenters. The Balaban J connectivity index is 1.15. The first kappa shape index (κ1) is 21.6. The lowest BCUT2D eigenvalue weighted by molar-refractivity contribution is 0.0535. The number of hydrogen-bond donors (Lipinski definition) is 0. The number of carbonyl (C=O) groups is 2. The van der Waals surface area contributed by atoms with E-state index in [1.807, 2.05) is 71.3 Å². The highest BCUT2D eigenvalue weighted by molar-refractivity contribution is 6.05. The van der Waals surface area contributed by atoms with Gasteiger partial charge in [0.2, 0.25) is 0 Å². The molecule has 2 fully saturated rings. The summed E-state index contributed by atoms with van der Waals surface area (Å²) in [6, 6.07) is 17.8. The molecule has 2 amide bonds. The number of amides is 2. The van der Waals surface area contributed by atoms with E-state index >= 15 is 0 Å². The Morgan fingerprint density at radius 1 is 0.758 bits per heavy atom. The molecule has 0 aliphatic carbocycles. The molecule has 3 heterocycles. The lowest BCUT2D eigenvalue weighted by Gasteiger charge is -2.40. The maximum absolute atomic E-state index is 13.2. The van der Waals surface area contributed by atoms with Gasteiger partial charge in [0, 0.05) is 43.3 Å². The van der Waals surface area contributed by atoms with Crippen molar-refractivity contribution < 1.29 is 9.59 Å². The molecule has 1 aromatic heterocycles. The van der Waals surface area contributed by atoms with Crippen LogP contribution in [0, 0.1) is 18.8 Å². The van der Waals surface area contributed by atoms with Crippen LogP contribution in [0.1, 0.15) is 52.1 Å². The third kappa shape index (κ3) is 4.50. The summed E-state index contributed by atoms with van der Waals surface area (Å²) in [7, 11) is 0. The Hall–Kier alpha value is -3.21. The number of pyridine rings is 1. The molecule has 5 rings (SSSR count). The molecule has 2 aromatic carbocycles. The lowest BCUT2D eigenvalue weighted by Crippen LogP contribution is -2.44. The molecule has 5 nitrogen and oxygen atoms in total. The topological polar surface area (TPSA) is 53.5 Å². The van der Waals surface area contributed by atoms with Gasteiger partial charge < -0.3 is 9.80 Å². The number of benzene rings is 2. The number of piperidine rings is 2. The summed E-state index contributed by atoms with van der Waals surface area (Å²) in [6.07, 6.45) is 5.91. The summed E-state index contributed by atoms with van der Waals surface area (Å²) >= 11 is 0. The number of nitrogens with zero attached hydrogens (tertiary/aromatic N) is 3. The van der Waals surface area contributed by atoms with Crippen molar-refractivity contribution in [1.82, 2.24) is 14.8 Å². The van der Waals surface area contributed by atoms with E-state index in [-0.39, 0.29) is 11.8 Å². The highest BCUT2D eigenvalue weighted by Crippen LogP contribution is 2.33. The summed E-state index contributed by atoms with van der Waals surface area (Å²) in [6.45, 7) is 5.28. The van der Waals surface area contributed by atoms with Crippen LogP contribution in [0.2, 0.25) is 0 Å². The average molecular weight is 442 g/mol. The maximum atomic E-state index is 13.2. The maximum Gasteiger partial charge on any atom is 0.273 e. The van der Waals surface area contributed by atoms with Crippen molar-refractivity contribution in [2.45, 2.75) is 32.6 Å². The van der Waals surface area contributed by atoms with E-state index in [9.17, 15) is 9.59 Å². The largest absolute Gasteiger partial charge is 0.339 e. The van der Waals surface area contributed by atoms with Gasteiger partial charge in [-0.15, -0.1) is 0 Å². The van der Waals surface area contributed by atoms with Gasteiger partial charge in [0.25, 0.3) is 11.8 Å². The highest BCUT2D eigenvalue weighted by Gasteiger charge is 2.32. The van der Waals surface area contributed by atoms with Gasteiger partial charge >= 0.3 is 0 Å². The Morgan fingerprint density at radius 3 is 1.97 bits per heavy atom. The minimum absolute atomic E-state index is 0.0452. The first-order valence-corrected chi connectivity index (χ1v) is 12.1. The molecular weight excluding hydrogens is 410 g/mol. The van der Waals surface area contributed by atoms with Crippen LogP contribution in [-0.2, 0) is 0 Å². The predicted molar refractivity (Wildman–Crippen MR) is 130 cm³/mol. The lowest BCUT2D eigenvalue weighted by atomic mass is 9.78. The van der Waals surface area contributed by atoms with Crippen molar-refractivity contribution in [1.29, 1.82) is 0 Å². The molecule has 0 spiro atoms. The van der Waals surface area contributed by atoms with Gasteiger partial charge in [0.15, 0.2) is 0 Å². The van der Waals surface area contributed by atoms with Crippen LogP contribution < -0.4 is 0 Å². The summed E-state index contributed by atoms with van der Waals surface area (Å²) in [5.41, 5.74) is 2.52. The summed E-state index contributed by atoms with van der Waals surface area (Å²) in [5.74, 6) is 1.46. The smallest absolute Gasteiger partial charge is 0.273 e. The summed E-state index contributed by atoms with van der Waals surface area (Å²) in [5, 5.41) is 1.98. The number of likely N-dealkylation sites (tertiary alicyclic amines) is 2. The van der Waals surface area contributed by atoms with Crippen LogP contribution in [0.25, 0.3) is 10.8 Å². The Labute approximate surface area is 195 Å². The first-order valence-electron chi connectivity index (χ1n) is 12.1. The predicted octanol–water partition coefficient (Wildman–Crippen LogP) is 4.95. The average Bonchev–Trinajstić information content (AvgIpc) is 2.88. The van der Waals surface area contributed by atoms with Crippen LogP contribution in [0.5, 0.6) is 0 Å². The van der Waals surface area contributed by atoms with Crippen LogP contribution in [0.15, 0.2) is 60.8 Å². The number of aryl methyl sites for hydroxylation is 1. The molecule has 2 aliphatic heterocycles. The van der Waals surface area contributed by atoms with E-state index in [1.54, 1.807) is 6.20 Å². The molecule has 2 aliphatic rings. The Kier molecular flexibility index (Phi) is 6.12. The zero-order valence-electron chi connectivity index (χ0n) is 19.2. The van der Waals surface area contributed by atoms with Crippen LogP contribution >= 0.6 is 0 Å². The number of fused-ring (bicyclic) bond motifs is 1.